The lowest BCUT2D eigenvalue weighted by Crippen LogP contribution is -1.93. The number of non-ortho nitro benzene ring substituents is 1. The van der Waals surface area contributed by atoms with E-state index < -0.39 is 4.92 Å². The molecule has 0 aliphatic rings. The van der Waals surface area contributed by atoms with E-state index in [0.29, 0.717) is 21.8 Å². The van der Waals surface area contributed by atoms with Crippen LogP contribution in [0.1, 0.15) is 0 Å². The first kappa shape index (κ1) is 10.9. The fraction of sp³-hybridized carbons (Fsp3) is 0. The van der Waals surface area contributed by atoms with Gasteiger partial charge in [-0.1, -0.05) is 17.7 Å². The van der Waals surface area contributed by atoms with Gasteiger partial charge in [0.05, 0.1) is 15.8 Å². The van der Waals surface area contributed by atoms with Crippen molar-refractivity contribution < 1.29 is 4.92 Å². The molecule has 88 valence electrons. The molecule has 18 heavy (non-hydrogen) atoms. The van der Waals surface area contributed by atoms with Crippen molar-refractivity contribution in [3.63, 3.8) is 0 Å². The van der Waals surface area contributed by atoms with Crippen LogP contribution in [-0.2, 0) is 0 Å². The van der Waals surface area contributed by atoms with Gasteiger partial charge in [0.25, 0.3) is 5.69 Å². The van der Waals surface area contributed by atoms with Crippen molar-refractivity contribution >= 4 is 39.1 Å². The molecule has 3 aromatic rings. The minimum absolute atomic E-state index is 0.00895. The van der Waals surface area contributed by atoms with Crippen LogP contribution in [0.5, 0.6) is 0 Å². The van der Waals surface area contributed by atoms with Crippen LogP contribution in [0.4, 0.5) is 5.69 Å². The van der Waals surface area contributed by atoms with Gasteiger partial charge in [0.2, 0.25) is 0 Å². The smallest absolute Gasteiger partial charge is 0.258 e. The van der Waals surface area contributed by atoms with Gasteiger partial charge in [-0.2, -0.15) is 0 Å². The molecule has 0 amide bonds. The number of nitrogens with zero attached hydrogens (tertiary/aromatic N) is 3. The second-order valence-electron chi connectivity index (χ2n) is 3.76. The minimum Gasteiger partial charge on any atom is -0.258 e. The lowest BCUT2D eigenvalue weighted by Gasteiger charge is -2.03. The number of fused-ring (bicyclic) bond motifs is 3. The third kappa shape index (κ3) is 1.56. The molecule has 2 heterocycles. The van der Waals surface area contributed by atoms with Crippen LogP contribution >= 0.6 is 11.6 Å². The molecule has 0 radical (unpaired) electrons. The van der Waals surface area contributed by atoms with Crippen molar-refractivity contribution in [3.05, 3.63) is 51.8 Å². The minimum atomic E-state index is -0.426. The number of hydrogen-bond acceptors (Lipinski definition) is 4. The van der Waals surface area contributed by atoms with E-state index in [1.165, 1.54) is 12.1 Å². The molecule has 0 spiro atoms. The first-order valence-electron chi connectivity index (χ1n) is 5.15. The summed E-state index contributed by atoms with van der Waals surface area (Å²) in [5, 5.41) is 12.5. The highest BCUT2D eigenvalue weighted by Gasteiger charge is 2.16. The monoisotopic (exact) mass is 259 g/mol. The summed E-state index contributed by atoms with van der Waals surface area (Å²) in [5.41, 5.74) is 1.07. The molecule has 0 bridgehead atoms. The average molecular weight is 260 g/mol. The molecule has 3 rings (SSSR count). The zero-order valence-electron chi connectivity index (χ0n) is 9.00. The summed E-state index contributed by atoms with van der Waals surface area (Å²) < 4.78 is 0. The molecular weight excluding hydrogens is 254 g/mol. The van der Waals surface area contributed by atoms with Crippen LogP contribution < -0.4 is 0 Å². The largest absolute Gasteiger partial charge is 0.279 e. The van der Waals surface area contributed by atoms with E-state index in [1.54, 1.807) is 24.4 Å². The highest BCUT2D eigenvalue weighted by atomic mass is 35.5. The number of benzene rings is 1. The summed E-state index contributed by atoms with van der Waals surface area (Å²) >= 11 is 5.84. The number of nitro benzene ring substituents is 1. The van der Waals surface area contributed by atoms with Gasteiger partial charge in [-0.15, -0.1) is 0 Å². The zero-order chi connectivity index (χ0) is 12.7. The van der Waals surface area contributed by atoms with E-state index in [1.807, 2.05) is 0 Å². The second-order valence-corrected chi connectivity index (χ2v) is 4.15. The van der Waals surface area contributed by atoms with Gasteiger partial charge in [-0.3, -0.25) is 15.1 Å². The van der Waals surface area contributed by atoms with Crippen molar-refractivity contribution in [2.75, 3.05) is 0 Å². The lowest BCUT2D eigenvalue weighted by atomic mass is 10.1. The van der Waals surface area contributed by atoms with E-state index in [4.69, 9.17) is 11.6 Å². The number of halogens is 1. The molecule has 0 saturated carbocycles. The van der Waals surface area contributed by atoms with Crippen molar-refractivity contribution in [2.45, 2.75) is 0 Å². The van der Waals surface area contributed by atoms with E-state index >= 15 is 0 Å². The maximum atomic E-state index is 11.1. The zero-order valence-corrected chi connectivity index (χ0v) is 9.76. The fourth-order valence-electron chi connectivity index (χ4n) is 1.93. The number of hydrogen-bond donors (Lipinski definition) is 0. The Bertz CT molecular complexity index is 789. The molecule has 6 heteroatoms. The number of rotatable bonds is 1. The summed E-state index contributed by atoms with van der Waals surface area (Å²) in [4.78, 5) is 19.0. The number of nitro groups is 1. The predicted octanol–water partition coefficient (Wildman–Crippen LogP) is 3.34. The van der Waals surface area contributed by atoms with Crippen molar-refractivity contribution in [3.8, 4) is 0 Å². The predicted molar refractivity (Wildman–Crippen MR) is 68.7 cm³/mol. The number of aromatic nitrogens is 2. The highest BCUT2D eigenvalue weighted by Crippen LogP contribution is 2.31. The Morgan fingerprint density at radius 1 is 1.22 bits per heavy atom. The van der Waals surface area contributed by atoms with Gasteiger partial charge in [-0.05, 0) is 18.2 Å². The summed E-state index contributed by atoms with van der Waals surface area (Å²) in [6, 6.07) is 8.11. The first-order chi connectivity index (χ1) is 8.66. The van der Waals surface area contributed by atoms with Gasteiger partial charge < -0.3 is 0 Å². The molecule has 0 N–H and O–H groups in total. The van der Waals surface area contributed by atoms with Crippen LogP contribution in [0.3, 0.4) is 0 Å². The molecule has 0 atom stereocenters. The topological polar surface area (TPSA) is 68.9 Å². The Kier molecular flexibility index (Phi) is 2.34. The second kappa shape index (κ2) is 3.89. The Labute approximate surface area is 106 Å². The van der Waals surface area contributed by atoms with Crippen LogP contribution in [0.15, 0.2) is 36.5 Å². The van der Waals surface area contributed by atoms with E-state index in [0.717, 1.165) is 0 Å². The molecule has 5 nitrogen and oxygen atoms in total. The van der Waals surface area contributed by atoms with Crippen LogP contribution in [0.25, 0.3) is 21.8 Å². The van der Waals surface area contributed by atoms with Crippen LogP contribution in [0.2, 0.25) is 5.15 Å². The van der Waals surface area contributed by atoms with Crippen LogP contribution in [-0.4, -0.2) is 14.9 Å². The van der Waals surface area contributed by atoms with Gasteiger partial charge in [0.1, 0.15) is 10.7 Å². The Balaban J connectivity index is 2.59. The average Bonchev–Trinajstić information content (AvgIpc) is 2.37. The maximum Gasteiger partial charge on any atom is 0.279 e. The molecule has 1 aromatic carbocycles. The third-order valence-corrected chi connectivity index (χ3v) is 2.90. The summed E-state index contributed by atoms with van der Waals surface area (Å²) in [6.45, 7) is 0. The van der Waals surface area contributed by atoms with E-state index in [-0.39, 0.29) is 10.8 Å². The molecule has 0 aliphatic carbocycles. The SMILES string of the molecule is O=[N+]([O-])c1cc2cccnc2c2nc(Cl)ccc12. The van der Waals surface area contributed by atoms with Crippen molar-refractivity contribution in [1.82, 2.24) is 9.97 Å². The Morgan fingerprint density at radius 3 is 2.83 bits per heavy atom. The molecule has 0 saturated heterocycles. The third-order valence-electron chi connectivity index (χ3n) is 2.69. The molecule has 0 fully saturated rings. The molecule has 0 unspecified atom stereocenters. The van der Waals surface area contributed by atoms with E-state index in [2.05, 4.69) is 9.97 Å². The van der Waals surface area contributed by atoms with Gasteiger partial charge in [-0.25, -0.2) is 4.98 Å². The summed E-state index contributed by atoms with van der Waals surface area (Å²) in [5.74, 6) is 0. The van der Waals surface area contributed by atoms with Crippen molar-refractivity contribution in [1.29, 1.82) is 0 Å². The summed E-state index contributed by atoms with van der Waals surface area (Å²) in [7, 11) is 0. The lowest BCUT2D eigenvalue weighted by molar-refractivity contribution is -0.382. The highest BCUT2D eigenvalue weighted by molar-refractivity contribution is 6.30. The number of pyridine rings is 2. The molecule has 2 aromatic heterocycles. The Morgan fingerprint density at radius 2 is 2.06 bits per heavy atom. The Hall–Kier alpha value is -2.27. The fourth-order valence-corrected chi connectivity index (χ4v) is 2.08. The molecular formula is C12H6ClN3O2. The van der Waals surface area contributed by atoms with Gasteiger partial charge in [0, 0.05) is 17.6 Å². The first-order valence-corrected chi connectivity index (χ1v) is 5.53. The molecule has 0 aliphatic heterocycles. The van der Waals surface area contributed by atoms with Gasteiger partial charge >= 0.3 is 0 Å². The maximum absolute atomic E-state index is 11.1. The van der Waals surface area contributed by atoms with Crippen LogP contribution in [0, 0.1) is 10.1 Å². The quantitative estimate of drug-likeness (QED) is 0.291. The van der Waals surface area contributed by atoms with Gasteiger partial charge in [0.15, 0.2) is 0 Å². The van der Waals surface area contributed by atoms with E-state index in [9.17, 15) is 10.1 Å². The summed E-state index contributed by atoms with van der Waals surface area (Å²) in [6.07, 6.45) is 1.62. The van der Waals surface area contributed by atoms with Crippen molar-refractivity contribution in [2.24, 2.45) is 0 Å². The normalized spacial score (nSPS) is 10.9. The standard InChI is InChI=1S/C12H6ClN3O2/c13-10-4-3-8-9(16(17)18)6-7-2-1-5-14-11(7)12(8)15-10/h1-6H.